The van der Waals surface area contributed by atoms with E-state index in [4.69, 9.17) is 4.99 Å². The van der Waals surface area contributed by atoms with Crippen LogP contribution in [-0.2, 0) is 0 Å². The largest absolute Gasteiger partial charge is 0.248 e. The van der Waals surface area contributed by atoms with Gasteiger partial charge in [0.15, 0.2) is 0 Å². The molecule has 0 unspecified atom stereocenters. The van der Waals surface area contributed by atoms with Gasteiger partial charge in [0.1, 0.15) is 0 Å². The fraction of sp³-hybridized carbons (Fsp3) is 0.190. The Balaban J connectivity index is 2.51. The normalized spacial score (nSPS) is 12.1. The van der Waals surface area contributed by atoms with E-state index in [0.29, 0.717) is 0 Å². The fourth-order valence-electron chi connectivity index (χ4n) is 2.22. The lowest BCUT2D eigenvalue weighted by Crippen LogP contribution is -1.98. The third-order valence-corrected chi connectivity index (χ3v) is 3.20. The van der Waals surface area contributed by atoms with E-state index in [9.17, 15) is 0 Å². The molecule has 0 aliphatic heterocycles. The van der Waals surface area contributed by atoms with Gasteiger partial charge in [-0.2, -0.15) is 0 Å². The van der Waals surface area contributed by atoms with E-state index in [1.54, 1.807) is 0 Å². The van der Waals surface area contributed by atoms with Crippen LogP contribution in [0.4, 0.5) is 0 Å². The van der Waals surface area contributed by atoms with E-state index >= 15 is 0 Å². The molecule has 1 heteroatoms. The Labute approximate surface area is 133 Å². The minimum atomic E-state index is 0.963. The van der Waals surface area contributed by atoms with E-state index < -0.39 is 0 Å². The second-order valence-corrected chi connectivity index (χ2v) is 5.45. The molecule has 0 spiro atoms. The molecule has 112 valence electrons. The van der Waals surface area contributed by atoms with Gasteiger partial charge in [-0.15, -0.1) is 0 Å². The predicted octanol–water partition coefficient (Wildman–Crippen LogP) is 5.89. The Kier molecular flexibility index (Phi) is 5.91. The highest BCUT2D eigenvalue weighted by atomic mass is 14.8. The smallest absolute Gasteiger partial charge is 0.0708 e. The molecule has 0 aromatic heterocycles. The average Bonchev–Trinajstić information content (AvgIpc) is 2.55. The van der Waals surface area contributed by atoms with Gasteiger partial charge in [0.25, 0.3) is 0 Å². The minimum absolute atomic E-state index is 0.963. The molecular formula is C21H23N. The third kappa shape index (κ3) is 4.56. The summed E-state index contributed by atoms with van der Waals surface area (Å²) in [6, 6.07) is 20.7. The van der Waals surface area contributed by atoms with Crippen LogP contribution in [-0.4, -0.2) is 5.71 Å². The van der Waals surface area contributed by atoms with Crippen LogP contribution in [0, 0.1) is 0 Å². The van der Waals surface area contributed by atoms with Gasteiger partial charge in [0, 0.05) is 5.56 Å². The lowest BCUT2D eigenvalue weighted by Gasteiger charge is -2.07. The van der Waals surface area contributed by atoms with Gasteiger partial charge < -0.3 is 0 Å². The first-order valence-corrected chi connectivity index (χ1v) is 7.75. The quantitative estimate of drug-likeness (QED) is 0.608. The molecule has 2 rings (SSSR count). The van der Waals surface area contributed by atoms with Crippen molar-refractivity contribution in [3.8, 4) is 0 Å². The maximum Gasteiger partial charge on any atom is 0.0708 e. The fourth-order valence-corrected chi connectivity index (χ4v) is 2.22. The zero-order valence-electron chi connectivity index (χ0n) is 13.6. The molecule has 0 saturated heterocycles. The number of hydrogen-bond donors (Lipinski definition) is 0. The lowest BCUT2D eigenvalue weighted by molar-refractivity contribution is 1.22. The highest BCUT2D eigenvalue weighted by Gasteiger charge is 2.04. The molecule has 1 nitrogen and oxygen atoms in total. The van der Waals surface area contributed by atoms with E-state index in [1.165, 1.54) is 5.57 Å². The van der Waals surface area contributed by atoms with Crippen molar-refractivity contribution in [1.82, 2.24) is 0 Å². The summed E-state index contributed by atoms with van der Waals surface area (Å²) >= 11 is 0. The predicted molar refractivity (Wildman–Crippen MR) is 97.1 cm³/mol. The molecule has 0 bridgehead atoms. The zero-order chi connectivity index (χ0) is 15.8. The molecular weight excluding hydrogens is 266 g/mol. The lowest BCUT2D eigenvalue weighted by atomic mass is 10.1. The van der Waals surface area contributed by atoms with Crippen LogP contribution >= 0.6 is 0 Å². The number of rotatable bonds is 5. The van der Waals surface area contributed by atoms with E-state index in [1.807, 2.05) is 12.1 Å². The minimum Gasteiger partial charge on any atom is -0.248 e. The SMILES string of the molecule is CC/C=C(/N=C(C=C(C)C)c1ccccc1)c1ccccc1. The van der Waals surface area contributed by atoms with Gasteiger partial charge in [0.2, 0.25) is 0 Å². The molecule has 0 N–H and O–H groups in total. The number of aliphatic imine (C=N–C) groups is 1. The van der Waals surface area contributed by atoms with Crippen LogP contribution in [0.1, 0.15) is 38.3 Å². The van der Waals surface area contributed by atoms with Crippen LogP contribution < -0.4 is 0 Å². The van der Waals surface area contributed by atoms with Gasteiger partial charge in [-0.05, 0) is 31.9 Å². The Morgan fingerprint density at radius 1 is 0.864 bits per heavy atom. The molecule has 0 saturated carbocycles. The molecule has 2 aromatic carbocycles. The summed E-state index contributed by atoms with van der Waals surface area (Å²) in [5, 5.41) is 0. The van der Waals surface area contributed by atoms with Crippen LogP contribution in [0.5, 0.6) is 0 Å². The zero-order valence-corrected chi connectivity index (χ0v) is 13.6. The molecule has 0 amide bonds. The number of nitrogens with zero attached hydrogens (tertiary/aromatic N) is 1. The standard InChI is InChI=1S/C21H23N/c1-4-11-20(18-12-7-5-8-13-18)22-21(16-17(2)3)19-14-9-6-10-15-19/h5-16H,4H2,1-3H3/b20-11+,22-21?. The molecule has 0 radical (unpaired) electrons. The van der Waals surface area contributed by atoms with Crippen LogP contribution in [0.15, 0.2) is 83.4 Å². The Hall–Kier alpha value is -2.41. The van der Waals surface area contributed by atoms with Gasteiger partial charge in [-0.1, -0.05) is 79.2 Å². The second-order valence-electron chi connectivity index (χ2n) is 5.45. The number of benzene rings is 2. The average molecular weight is 289 g/mol. The Bertz CT molecular complexity index is 672. The van der Waals surface area contributed by atoms with Gasteiger partial charge in [-0.25, -0.2) is 4.99 Å². The van der Waals surface area contributed by atoms with Crippen molar-refractivity contribution in [3.05, 3.63) is 89.5 Å². The van der Waals surface area contributed by atoms with Crippen molar-refractivity contribution in [2.45, 2.75) is 27.2 Å². The maximum absolute atomic E-state index is 4.95. The molecule has 0 heterocycles. The summed E-state index contributed by atoms with van der Waals surface area (Å²) in [5.74, 6) is 0. The molecule has 0 fully saturated rings. The van der Waals surface area contributed by atoms with Crippen molar-refractivity contribution < 1.29 is 0 Å². The third-order valence-electron chi connectivity index (χ3n) is 3.20. The Morgan fingerprint density at radius 3 is 1.91 bits per heavy atom. The second kappa shape index (κ2) is 8.14. The van der Waals surface area contributed by atoms with Crippen molar-refractivity contribution in [1.29, 1.82) is 0 Å². The summed E-state index contributed by atoms with van der Waals surface area (Å²) in [6.07, 6.45) is 5.28. The first-order chi connectivity index (χ1) is 10.7. The van der Waals surface area contributed by atoms with Crippen molar-refractivity contribution in [2.75, 3.05) is 0 Å². The topological polar surface area (TPSA) is 12.4 Å². The monoisotopic (exact) mass is 289 g/mol. The molecule has 2 aromatic rings. The van der Waals surface area contributed by atoms with Gasteiger partial charge >= 0.3 is 0 Å². The highest BCUT2D eigenvalue weighted by Crippen LogP contribution is 2.19. The van der Waals surface area contributed by atoms with E-state index in [-0.39, 0.29) is 0 Å². The van der Waals surface area contributed by atoms with Crippen molar-refractivity contribution >= 4 is 11.4 Å². The van der Waals surface area contributed by atoms with Crippen LogP contribution in [0.3, 0.4) is 0 Å². The number of hydrogen-bond acceptors (Lipinski definition) is 1. The summed E-state index contributed by atoms with van der Waals surface area (Å²) in [4.78, 5) is 4.95. The molecule has 0 atom stereocenters. The van der Waals surface area contributed by atoms with Crippen molar-refractivity contribution in [3.63, 3.8) is 0 Å². The van der Waals surface area contributed by atoms with Crippen molar-refractivity contribution in [2.24, 2.45) is 4.99 Å². The van der Waals surface area contributed by atoms with Crippen LogP contribution in [0.25, 0.3) is 5.70 Å². The van der Waals surface area contributed by atoms with E-state index in [2.05, 4.69) is 81.5 Å². The van der Waals surface area contributed by atoms with Crippen LogP contribution in [0.2, 0.25) is 0 Å². The van der Waals surface area contributed by atoms with Gasteiger partial charge in [0.05, 0.1) is 11.4 Å². The molecule has 22 heavy (non-hydrogen) atoms. The maximum atomic E-state index is 4.95. The first kappa shape index (κ1) is 16.0. The summed E-state index contributed by atoms with van der Waals surface area (Å²) in [5.41, 5.74) is 5.57. The summed E-state index contributed by atoms with van der Waals surface area (Å²) in [6.45, 7) is 6.34. The first-order valence-electron chi connectivity index (χ1n) is 7.75. The summed E-state index contributed by atoms with van der Waals surface area (Å²) < 4.78 is 0. The summed E-state index contributed by atoms with van der Waals surface area (Å²) in [7, 11) is 0. The van der Waals surface area contributed by atoms with Gasteiger partial charge in [-0.3, -0.25) is 0 Å². The Morgan fingerprint density at radius 2 is 1.41 bits per heavy atom. The highest BCUT2D eigenvalue weighted by molar-refractivity contribution is 6.11. The molecule has 0 aliphatic carbocycles. The number of allylic oxidation sites excluding steroid dienone is 3. The molecule has 0 aliphatic rings. The van der Waals surface area contributed by atoms with E-state index in [0.717, 1.165) is 29.0 Å².